The molecule has 0 aromatic heterocycles. The van der Waals surface area contributed by atoms with Gasteiger partial charge in [-0.1, -0.05) is 121 Å². The molecule has 4 nitrogen and oxygen atoms in total. The summed E-state index contributed by atoms with van der Waals surface area (Å²) in [4.78, 5) is 33.4. The van der Waals surface area contributed by atoms with E-state index in [1.807, 2.05) is 70.5 Å². The van der Waals surface area contributed by atoms with Crippen molar-refractivity contribution in [2.75, 3.05) is 0 Å². The summed E-state index contributed by atoms with van der Waals surface area (Å²) in [5, 5.41) is 4.34. The minimum absolute atomic E-state index is 0.148. The van der Waals surface area contributed by atoms with Crippen molar-refractivity contribution in [3.8, 4) is 0 Å². The van der Waals surface area contributed by atoms with Gasteiger partial charge in [-0.25, -0.2) is 0 Å². The minimum atomic E-state index is -0.148. The molecule has 6 aromatic rings. The van der Waals surface area contributed by atoms with Gasteiger partial charge in [0.2, 0.25) is 0 Å². The third-order valence-corrected chi connectivity index (χ3v) is 9.41. The van der Waals surface area contributed by atoms with Gasteiger partial charge in [0.25, 0.3) is 11.8 Å². The smallest absolute Gasteiger partial charge is 0.261 e. The lowest BCUT2D eigenvalue weighted by Crippen LogP contribution is -2.30. The van der Waals surface area contributed by atoms with E-state index in [0.717, 1.165) is 54.9 Å². The maximum absolute atomic E-state index is 14.9. The fourth-order valence-electron chi connectivity index (χ4n) is 6.89. The highest BCUT2D eigenvalue weighted by molar-refractivity contribution is 6.30. The van der Waals surface area contributed by atoms with Crippen molar-refractivity contribution in [3.63, 3.8) is 0 Å². The predicted molar refractivity (Wildman–Crippen MR) is 185 cm³/mol. The van der Waals surface area contributed by atoms with E-state index in [1.54, 1.807) is 0 Å². The minimum Gasteiger partial charge on any atom is -0.302 e. The van der Waals surface area contributed by atoms with Crippen molar-refractivity contribution in [1.29, 1.82) is 0 Å². The number of nitrogens with zero attached hydrogens (tertiary/aromatic N) is 2. The van der Waals surface area contributed by atoms with Crippen molar-refractivity contribution in [2.24, 2.45) is 0 Å². The molecular weight excluding hydrogens is 564 g/mol. The molecule has 0 aliphatic carbocycles. The summed E-state index contributed by atoms with van der Waals surface area (Å²) >= 11 is 0. The van der Waals surface area contributed by atoms with Crippen LogP contribution in [0.15, 0.2) is 145 Å². The average molecular weight is 597 g/mol. The molecule has 2 aliphatic heterocycles. The van der Waals surface area contributed by atoms with E-state index >= 15 is 0 Å². The zero-order valence-corrected chi connectivity index (χ0v) is 25.8. The van der Waals surface area contributed by atoms with Crippen LogP contribution in [0.2, 0.25) is 0 Å². The summed E-state index contributed by atoms with van der Waals surface area (Å²) in [5.74, 6) is -0.296. The summed E-state index contributed by atoms with van der Waals surface area (Å²) in [6.07, 6.45) is 0. The number of rotatable bonds is 6. The van der Waals surface area contributed by atoms with Crippen molar-refractivity contribution in [1.82, 2.24) is 9.80 Å². The van der Waals surface area contributed by atoms with Crippen LogP contribution in [0, 0.1) is 13.8 Å². The molecule has 0 unspecified atom stereocenters. The van der Waals surface area contributed by atoms with E-state index in [-0.39, 0.29) is 11.8 Å². The van der Waals surface area contributed by atoms with Crippen LogP contribution in [0.5, 0.6) is 0 Å². The monoisotopic (exact) mass is 596 g/mol. The lowest BCUT2D eigenvalue weighted by molar-refractivity contribution is -0.124. The molecule has 0 radical (unpaired) electrons. The van der Waals surface area contributed by atoms with E-state index in [2.05, 4.69) is 86.6 Å². The molecule has 8 rings (SSSR count). The molecule has 2 aliphatic rings. The Morgan fingerprint density at radius 1 is 0.435 bits per heavy atom. The molecule has 2 heterocycles. The van der Waals surface area contributed by atoms with Crippen LogP contribution >= 0.6 is 0 Å². The summed E-state index contributed by atoms with van der Waals surface area (Å²) in [7, 11) is 0. The highest BCUT2D eigenvalue weighted by Gasteiger charge is 2.49. The van der Waals surface area contributed by atoms with Gasteiger partial charge in [-0.05, 0) is 80.9 Å². The maximum Gasteiger partial charge on any atom is 0.261 e. The van der Waals surface area contributed by atoms with E-state index < -0.39 is 0 Å². The number of amides is 2. The Bertz CT molecular complexity index is 2130. The number of hydrogen-bond acceptors (Lipinski definition) is 2. The third kappa shape index (κ3) is 4.53. The fraction of sp³-hybridized carbons (Fsp3) is 0.0952. The van der Waals surface area contributed by atoms with Crippen LogP contribution in [0.4, 0.5) is 0 Å². The highest BCUT2D eigenvalue weighted by Crippen LogP contribution is 2.48. The molecule has 0 bridgehead atoms. The van der Waals surface area contributed by atoms with Crippen LogP contribution in [0.1, 0.15) is 33.4 Å². The molecule has 222 valence electrons. The molecule has 0 atom stereocenters. The van der Waals surface area contributed by atoms with Crippen LogP contribution < -0.4 is 0 Å². The summed E-state index contributed by atoms with van der Waals surface area (Å²) < 4.78 is 0. The molecule has 0 fully saturated rings. The van der Waals surface area contributed by atoms with Crippen LogP contribution in [-0.2, 0) is 22.7 Å². The fourth-order valence-corrected chi connectivity index (χ4v) is 6.89. The first-order chi connectivity index (χ1) is 22.5. The van der Waals surface area contributed by atoms with Crippen molar-refractivity contribution in [3.05, 3.63) is 178 Å². The number of fused-ring (bicyclic) bond motifs is 3. The first-order valence-corrected chi connectivity index (χ1v) is 15.7. The van der Waals surface area contributed by atoms with Gasteiger partial charge in [0.1, 0.15) is 0 Å². The number of benzene rings is 6. The zero-order valence-electron chi connectivity index (χ0n) is 25.8. The molecule has 6 aromatic carbocycles. The number of carbonyl (C=O) groups is 2. The lowest BCUT2D eigenvalue weighted by atomic mass is 9.99. The van der Waals surface area contributed by atoms with Gasteiger partial charge in [-0.15, -0.1) is 0 Å². The lowest BCUT2D eigenvalue weighted by Gasteiger charge is -2.26. The second-order valence-corrected chi connectivity index (χ2v) is 12.2. The standard InChI is InChI=1S/C42H32N2O2/c1-27-11-3-5-17-35(27)25-43-39(33-21-19-29-13-7-9-15-31(29)23-33)37-38(41(43)45)40(34-22-20-30-14-8-10-16-32(30)24-34)44(42(37)46)26-36-18-6-4-12-28(36)2/h3-24H,25-26H2,1-2H3. The van der Waals surface area contributed by atoms with Gasteiger partial charge >= 0.3 is 0 Å². The van der Waals surface area contributed by atoms with Gasteiger partial charge < -0.3 is 9.80 Å². The summed E-state index contributed by atoms with van der Waals surface area (Å²) in [6, 6.07) is 45.1. The molecule has 0 saturated heterocycles. The second kappa shape index (κ2) is 11.0. The highest BCUT2D eigenvalue weighted by atomic mass is 16.2. The predicted octanol–water partition coefficient (Wildman–Crippen LogP) is 8.82. The molecule has 0 N–H and O–H groups in total. The largest absolute Gasteiger partial charge is 0.302 e. The molecular formula is C42H32N2O2. The Hall–Kier alpha value is -5.74. The van der Waals surface area contributed by atoms with Gasteiger partial charge in [0, 0.05) is 0 Å². The Morgan fingerprint density at radius 3 is 1.22 bits per heavy atom. The maximum atomic E-state index is 14.9. The average Bonchev–Trinajstić information content (AvgIpc) is 3.52. The SMILES string of the molecule is Cc1ccccc1CN1C(=O)C2=C(c3ccc4ccccc4c3)N(Cc3ccccc3C)C(=O)C2=C1c1ccc2ccccc2c1. The third-order valence-electron chi connectivity index (χ3n) is 9.41. The van der Waals surface area contributed by atoms with E-state index in [1.165, 1.54) is 0 Å². The molecule has 0 spiro atoms. The topological polar surface area (TPSA) is 40.6 Å². The Kier molecular flexibility index (Phi) is 6.65. The van der Waals surface area contributed by atoms with Crippen molar-refractivity contribution in [2.45, 2.75) is 26.9 Å². The Morgan fingerprint density at radius 2 is 0.804 bits per heavy atom. The molecule has 46 heavy (non-hydrogen) atoms. The molecule has 2 amide bonds. The van der Waals surface area contributed by atoms with Crippen LogP contribution in [0.25, 0.3) is 32.9 Å². The van der Waals surface area contributed by atoms with Crippen molar-refractivity contribution < 1.29 is 9.59 Å². The van der Waals surface area contributed by atoms with Crippen molar-refractivity contribution >= 4 is 44.8 Å². The second-order valence-electron chi connectivity index (χ2n) is 12.2. The molecule has 0 saturated carbocycles. The summed E-state index contributed by atoms with van der Waals surface area (Å²) in [5.41, 5.74) is 8.31. The van der Waals surface area contributed by atoms with Gasteiger partial charge in [-0.2, -0.15) is 0 Å². The first-order valence-electron chi connectivity index (χ1n) is 15.7. The van der Waals surface area contributed by atoms with E-state index in [0.29, 0.717) is 35.6 Å². The first kappa shape index (κ1) is 27.8. The van der Waals surface area contributed by atoms with Crippen LogP contribution in [0.3, 0.4) is 0 Å². The van der Waals surface area contributed by atoms with Gasteiger partial charge in [0.15, 0.2) is 0 Å². The van der Waals surface area contributed by atoms with Gasteiger partial charge in [-0.3, -0.25) is 9.59 Å². The zero-order chi connectivity index (χ0) is 31.4. The van der Waals surface area contributed by atoms with E-state index in [4.69, 9.17) is 0 Å². The molecule has 4 heteroatoms. The summed E-state index contributed by atoms with van der Waals surface area (Å²) in [6.45, 7) is 4.87. The number of aryl methyl sites for hydroxylation is 2. The Labute approximate surface area is 268 Å². The Balaban J connectivity index is 1.39. The van der Waals surface area contributed by atoms with E-state index in [9.17, 15) is 9.59 Å². The normalized spacial score (nSPS) is 14.7. The van der Waals surface area contributed by atoms with Crippen LogP contribution in [-0.4, -0.2) is 21.6 Å². The number of hydrogen-bond donors (Lipinski definition) is 0. The van der Waals surface area contributed by atoms with Gasteiger partial charge in [0.05, 0.1) is 35.6 Å². The quantitative estimate of drug-likeness (QED) is 0.193. The number of carbonyl (C=O) groups excluding carboxylic acids is 2.